The fourth-order valence-corrected chi connectivity index (χ4v) is 0.871. The zero-order valence-electron chi connectivity index (χ0n) is 8.43. The highest BCUT2D eigenvalue weighted by Crippen LogP contribution is 1.95. The van der Waals surface area contributed by atoms with Crippen molar-refractivity contribution in [3.63, 3.8) is 0 Å². The molecule has 1 aromatic heterocycles. The van der Waals surface area contributed by atoms with Crippen LogP contribution in [0.15, 0.2) is 23.4 Å². The van der Waals surface area contributed by atoms with Crippen LogP contribution in [0.3, 0.4) is 0 Å². The third-order valence-electron chi connectivity index (χ3n) is 1.46. The Morgan fingerprint density at radius 3 is 2.93 bits per heavy atom. The summed E-state index contributed by atoms with van der Waals surface area (Å²) in [4.78, 5) is 9.20. The fourth-order valence-electron chi connectivity index (χ4n) is 0.871. The predicted molar refractivity (Wildman–Crippen MR) is 60.1 cm³/mol. The van der Waals surface area contributed by atoms with E-state index in [2.05, 4.69) is 10.1 Å². The van der Waals surface area contributed by atoms with E-state index in [-0.39, 0.29) is 12.4 Å². The first-order valence-electron chi connectivity index (χ1n) is 4.42. The maximum Gasteiger partial charge on any atom is 0.116 e. The minimum absolute atomic E-state index is 0. The van der Waals surface area contributed by atoms with Crippen LogP contribution in [-0.4, -0.2) is 17.8 Å². The van der Waals surface area contributed by atoms with Gasteiger partial charge >= 0.3 is 0 Å². The molecular formula is C10H15ClN2O. The van der Waals surface area contributed by atoms with Gasteiger partial charge in [-0.1, -0.05) is 18.1 Å². The Morgan fingerprint density at radius 2 is 2.29 bits per heavy atom. The van der Waals surface area contributed by atoms with Crippen LogP contribution in [-0.2, 0) is 4.84 Å². The first-order valence-corrected chi connectivity index (χ1v) is 4.42. The summed E-state index contributed by atoms with van der Waals surface area (Å²) in [5.41, 5.74) is 1.82. The van der Waals surface area contributed by atoms with E-state index in [0.29, 0.717) is 6.61 Å². The molecular weight excluding hydrogens is 200 g/mol. The van der Waals surface area contributed by atoms with Crippen LogP contribution < -0.4 is 0 Å². The van der Waals surface area contributed by atoms with E-state index < -0.39 is 0 Å². The molecule has 14 heavy (non-hydrogen) atoms. The second-order valence-corrected chi connectivity index (χ2v) is 2.77. The standard InChI is InChI=1S/C10H14N2O.ClH/c1-3-7-13-11-8-10-6-4-5-9(2)12-10;/h4-6,8H,3,7H2,1-2H3;1H/b11-8+;. The number of halogens is 1. The Hall–Kier alpha value is -1.09. The van der Waals surface area contributed by atoms with Crippen molar-refractivity contribution in [1.82, 2.24) is 4.98 Å². The SMILES string of the molecule is CCCO/N=C/c1cccc(C)n1.Cl. The lowest BCUT2D eigenvalue weighted by atomic mass is 10.3. The molecule has 0 radical (unpaired) electrons. The van der Waals surface area contributed by atoms with Crippen molar-refractivity contribution < 1.29 is 4.84 Å². The lowest BCUT2D eigenvalue weighted by molar-refractivity contribution is 0.146. The first-order chi connectivity index (χ1) is 6.33. The summed E-state index contributed by atoms with van der Waals surface area (Å²) in [6.45, 7) is 4.65. The van der Waals surface area contributed by atoms with Gasteiger partial charge in [-0.15, -0.1) is 12.4 Å². The van der Waals surface area contributed by atoms with E-state index in [1.54, 1.807) is 6.21 Å². The van der Waals surface area contributed by atoms with Crippen LogP contribution in [0, 0.1) is 6.92 Å². The second-order valence-electron chi connectivity index (χ2n) is 2.77. The number of aromatic nitrogens is 1. The molecule has 3 nitrogen and oxygen atoms in total. The Kier molecular flexibility index (Phi) is 6.76. The number of nitrogens with zero attached hydrogens (tertiary/aromatic N) is 2. The Balaban J connectivity index is 0.00000169. The summed E-state index contributed by atoms with van der Waals surface area (Å²) < 4.78 is 0. The average Bonchev–Trinajstić information content (AvgIpc) is 2.13. The highest BCUT2D eigenvalue weighted by molar-refractivity contribution is 5.85. The van der Waals surface area contributed by atoms with Gasteiger partial charge < -0.3 is 4.84 Å². The summed E-state index contributed by atoms with van der Waals surface area (Å²) in [7, 11) is 0. The van der Waals surface area contributed by atoms with Crippen LogP contribution >= 0.6 is 12.4 Å². The van der Waals surface area contributed by atoms with E-state index in [4.69, 9.17) is 4.84 Å². The van der Waals surface area contributed by atoms with Crippen LogP contribution in [0.25, 0.3) is 0 Å². The fraction of sp³-hybridized carbons (Fsp3) is 0.400. The van der Waals surface area contributed by atoms with Gasteiger partial charge in [0.05, 0.1) is 11.9 Å². The van der Waals surface area contributed by atoms with Crippen molar-refractivity contribution in [2.75, 3.05) is 6.61 Å². The molecule has 0 aromatic carbocycles. The molecule has 0 fully saturated rings. The maximum atomic E-state index is 4.96. The van der Waals surface area contributed by atoms with Gasteiger partial charge in [0.15, 0.2) is 0 Å². The number of pyridine rings is 1. The van der Waals surface area contributed by atoms with Crippen molar-refractivity contribution in [3.8, 4) is 0 Å². The van der Waals surface area contributed by atoms with Gasteiger partial charge in [-0.25, -0.2) is 0 Å². The van der Waals surface area contributed by atoms with E-state index in [9.17, 15) is 0 Å². The Morgan fingerprint density at radius 1 is 1.50 bits per heavy atom. The molecule has 0 aliphatic carbocycles. The molecule has 0 saturated carbocycles. The number of rotatable bonds is 4. The number of hydrogen-bond acceptors (Lipinski definition) is 3. The molecule has 78 valence electrons. The van der Waals surface area contributed by atoms with Gasteiger partial charge in [-0.2, -0.15) is 0 Å². The molecule has 0 N–H and O–H groups in total. The molecule has 1 heterocycles. The van der Waals surface area contributed by atoms with Gasteiger partial charge in [0.2, 0.25) is 0 Å². The van der Waals surface area contributed by atoms with Crippen molar-refractivity contribution >= 4 is 18.6 Å². The van der Waals surface area contributed by atoms with E-state index in [1.807, 2.05) is 32.0 Å². The molecule has 0 aliphatic rings. The van der Waals surface area contributed by atoms with Crippen molar-refractivity contribution in [2.24, 2.45) is 5.16 Å². The molecule has 0 saturated heterocycles. The van der Waals surface area contributed by atoms with Gasteiger partial charge in [0.1, 0.15) is 6.61 Å². The monoisotopic (exact) mass is 214 g/mol. The molecule has 1 aromatic rings. The van der Waals surface area contributed by atoms with Crippen LogP contribution in [0.4, 0.5) is 0 Å². The van der Waals surface area contributed by atoms with Crippen LogP contribution in [0.5, 0.6) is 0 Å². The Labute approximate surface area is 90.6 Å². The number of oxime groups is 1. The molecule has 0 unspecified atom stereocenters. The number of hydrogen-bond donors (Lipinski definition) is 0. The summed E-state index contributed by atoms with van der Waals surface area (Å²) in [6, 6.07) is 5.79. The van der Waals surface area contributed by atoms with E-state index >= 15 is 0 Å². The van der Waals surface area contributed by atoms with Crippen molar-refractivity contribution in [3.05, 3.63) is 29.6 Å². The summed E-state index contributed by atoms with van der Waals surface area (Å²) in [5, 5.41) is 3.78. The van der Waals surface area contributed by atoms with Crippen molar-refractivity contribution in [1.29, 1.82) is 0 Å². The Bertz CT molecular complexity index is 289. The molecule has 0 bridgehead atoms. The minimum Gasteiger partial charge on any atom is -0.396 e. The third-order valence-corrected chi connectivity index (χ3v) is 1.46. The second kappa shape index (κ2) is 7.33. The molecule has 1 rings (SSSR count). The van der Waals surface area contributed by atoms with Gasteiger partial charge in [0.25, 0.3) is 0 Å². The van der Waals surface area contributed by atoms with Crippen LogP contribution in [0.1, 0.15) is 24.7 Å². The summed E-state index contributed by atoms with van der Waals surface area (Å²) >= 11 is 0. The van der Waals surface area contributed by atoms with Crippen molar-refractivity contribution in [2.45, 2.75) is 20.3 Å². The normalized spacial score (nSPS) is 9.86. The zero-order valence-corrected chi connectivity index (χ0v) is 9.25. The van der Waals surface area contributed by atoms with Gasteiger partial charge in [-0.3, -0.25) is 4.98 Å². The zero-order chi connectivity index (χ0) is 9.52. The third kappa shape index (κ3) is 4.82. The minimum atomic E-state index is 0. The lowest BCUT2D eigenvalue weighted by Crippen LogP contribution is -1.91. The van der Waals surface area contributed by atoms with Gasteiger partial charge in [0, 0.05) is 5.69 Å². The molecule has 0 spiro atoms. The summed E-state index contributed by atoms with van der Waals surface area (Å²) in [6.07, 6.45) is 2.60. The molecule has 0 atom stereocenters. The molecule has 0 amide bonds. The average molecular weight is 215 g/mol. The topological polar surface area (TPSA) is 34.5 Å². The van der Waals surface area contributed by atoms with E-state index in [0.717, 1.165) is 17.8 Å². The van der Waals surface area contributed by atoms with E-state index in [1.165, 1.54) is 0 Å². The highest BCUT2D eigenvalue weighted by atomic mass is 35.5. The predicted octanol–water partition coefficient (Wildman–Crippen LogP) is 2.57. The highest BCUT2D eigenvalue weighted by Gasteiger charge is 1.89. The lowest BCUT2D eigenvalue weighted by Gasteiger charge is -1.95. The number of aryl methyl sites for hydroxylation is 1. The quantitative estimate of drug-likeness (QED) is 0.439. The van der Waals surface area contributed by atoms with Crippen LogP contribution in [0.2, 0.25) is 0 Å². The first kappa shape index (κ1) is 12.9. The summed E-state index contributed by atoms with van der Waals surface area (Å²) in [5.74, 6) is 0. The molecule has 0 aliphatic heterocycles. The van der Waals surface area contributed by atoms with Gasteiger partial charge in [-0.05, 0) is 25.5 Å². The maximum absolute atomic E-state index is 4.96. The molecule has 4 heteroatoms. The smallest absolute Gasteiger partial charge is 0.116 e. The largest absolute Gasteiger partial charge is 0.396 e.